The van der Waals surface area contributed by atoms with Gasteiger partial charge in [-0.05, 0) is 79.1 Å². The van der Waals surface area contributed by atoms with Crippen molar-refractivity contribution in [3.05, 3.63) is 106 Å². The lowest BCUT2D eigenvalue weighted by Gasteiger charge is -2.11. The molecule has 5 aromatic rings. The molecule has 1 amide bonds. The minimum atomic E-state index is -0.0956. The molecule has 4 nitrogen and oxygen atoms in total. The van der Waals surface area contributed by atoms with E-state index in [0.29, 0.717) is 5.69 Å². The van der Waals surface area contributed by atoms with E-state index >= 15 is 0 Å². The number of hydrogen-bond donors (Lipinski definition) is 1. The van der Waals surface area contributed by atoms with Gasteiger partial charge in [0.2, 0.25) is 0 Å². The second-order valence-corrected chi connectivity index (χ2v) is 10.3. The number of anilines is 1. The molecule has 5 heteroatoms. The number of aryl methyl sites for hydroxylation is 4. The quantitative estimate of drug-likeness (QED) is 0.256. The molecule has 186 valence electrons. The zero-order valence-electron chi connectivity index (χ0n) is 21.2. The summed E-state index contributed by atoms with van der Waals surface area (Å²) in [5.74, 6) is -0.0956. The predicted molar refractivity (Wildman–Crippen MR) is 153 cm³/mol. The Bertz CT molecular complexity index is 1610. The van der Waals surface area contributed by atoms with E-state index in [1.165, 1.54) is 11.1 Å². The standard InChI is InChI=1S/C32H30ClN3O/c1-3-22-10-12-24(13-11-22)29-27-9-4-5-18-35-28(23-14-16-25(33)17-15-23)20-36(32(27)35)30(29)31(37)34-26-8-6-7-21(2)19-26/h6-8,10-17,19-20H,3-5,9,18H2,1-2H3,(H,34,37). The van der Waals surface area contributed by atoms with Crippen LogP contribution in [0.25, 0.3) is 28.0 Å². The van der Waals surface area contributed by atoms with Crippen molar-refractivity contribution in [1.29, 1.82) is 0 Å². The van der Waals surface area contributed by atoms with Crippen LogP contribution in [0.1, 0.15) is 46.9 Å². The number of benzene rings is 3. The Morgan fingerprint density at radius 3 is 2.46 bits per heavy atom. The first-order valence-corrected chi connectivity index (χ1v) is 13.4. The first-order valence-electron chi connectivity index (χ1n) is 13.0. The van der Waals surface area contributed by atoms with Gasteiger partial charge in [-0.2, -0.15) is 0 Å². The molecule has 0 bridgehead atoms. The van der Waals surface area contributed by atoms with Crippen LogP contribution in [-0.4, -0.2) is 14.9 Å². The van der Waals surface area contributed by atoms with E-state index < -0.39 is 0 Å². The van der Waals surface area contributed by atoms with Gasteiger partial charge in [-0.3, -0.25) is 9.20 Å². The molecular formula is C32H30ClN3O. The predicted octanol–water partition coefficient (Wildman–Crippen LogP) is 8.19. The lowest BCUT2D eigenvalue weighted by Crippen LogP contribution is -2.15. The monoisotopic (exact) mass is 507 g/mol. The number of amides is 1. The molecule has 3 aromatic carbocycles. The van der Waals surface area contributed by atoms with Crippen LogP contribution in [0.2, 0.25) is 5.02 Å². The van der Waals surface area contributed by atoms with Crippen LogP contribution >= 0.6 is 11.6 Å². The molecule has 0 atom stereocenters. The number of carbonyl (C=O) groups excluding carboxylic acids is 1. The maximum atomic E-state index is 14.0. The highest BCUT2D eigenvalue weighted by molar-refractivity contribution is 6.30. The average Bonchev–Trinajstić information content (AvgIpc) is 3.32. The highest BCUT2D eigenvalue weighted by Gasteiger charge is 2.29. The SMILES string of the molecule is CCc1ccc(-c2c3c4n(c(-c5ccc(Cl)cc5)cn4c2C(=O)Nc2cccc(C)c2)CCCC3)cc1. The summed E-state index contributed by atoms with van der Waals surface area (Å²) in [4.78, 5) is 14.0. The summed E-state index contributed by atoms with van der Waals surface area (Å²) in [6.07, 6.45) is 6.23. The summed E-state index contributed by atoms with van der Waals surface area (Å²) in [7, 11) is 0. The highest BCUT2D eigenvalue weighted by Crippen LogP contribution is 2.40. The third-order valence-electron chi connectivity index (χ3n) is 7.42. The number of nitrogens with zero attached hydrogens (tertiary/aromatic N) is 2. The van der Waals surface area contributed by atoms with Crippen LogP contribution in [0.3, 0.4) is 0 Å². The van der Waals surface area contributed by atoms with Gasteiger partial charge in [0, 0.05) is 34.6 Å². The van der Waals surface area contributed by atoms with Crippen molar-refractivity contribution < 1.29 is 4.79 Å². The first kappa shape index (κ1) is 23.6. The number of rotatable bonds is 5. The molecule has 0 saturated heterocycles. The van der Waals surface area contributed by atoms with E-state index in [4.69, 9.17) is 11.6 Å². The van der Waals surface area contributed by atoms with Crippen molar-refractivity contribution in [2.24, 2.45) is 0 Å². The molecule has 2 aromatic heterocycles. The summed E-state index contributed by atoms with van der Waals surface area (Å²) in [6.45, 7) is 5.12. The maximum absolute atomic E-state index is 14.0. The van der Waals surface area contributed by atoms with Crippen LogP contribution in [-0.2, 0) is 19.4 Å². The normalized spacial score (nSPS) is 13.1. The Hall–Kier alpha value is -3.76. The van der Waals surface area contributed by atoms with Gasteiger partial charge in [-0.25, -0.2) is 0 Å². The van der Waals surface area contributed by atoms with Gasteiger partial charge in [0.05, 0.1) is 5.69 Å². The Morgan fingerprint density at radius 2 is 1.73 bits per heavy atom. The van der Waals surface area contributed by atoms with Crippen molar-refractivity contribution in [1.82, 2.24) is 8.97 Å². The molecular weight excluding hydrogens is 478 g/mol. The Labute approximate surface area is 222 Å². The highest BCUT2D eigenvalue weighted by atomic mass is 35.5. The molecule has 0 radical (unpaired) electrons. The van der Waals surface area contributed by atoms with Crippen LogP contribution < -0.4 is 5.32 Å². The van der Waals surface area contributed by atoms with Crippen molar-refractivity contribution in [3.63, 3.8) is 0 Å². The van der Waals surface area contributed by atoms with Crippen LogP contribution in [0.5, 0.6) is 0 Å². The molecule has 3 heterocycles. The Kier molecular flexibility index (Phi) is 6.13. The third-order valence-corrected chi connectivity index (χ3v) is 7.67. The molecule has 1 aliphatic heterocycles. The topological polar surface area (TPSA) is 38.4 Å². The molecule has 1 N–H and O–H groups in total. The van der Waals surface area contributed by atoms with Gasteiger partial charge in [0.25, 0.3) is 5.91 Å². The minimum Gasteiger partial charge on any atom is -0.325 e. The fourth-order valence-corrected chi connectivity index (χ4v) is 5.72. The molecule has 37 heavy (non-hydrogen) atoms. The molecule has 0 fully saturated rings. The fraction of sp³-hybridized carbons (Fsp3) is 0.219. The maximum Gasteiger partial charge on any atom is 0.273 e. The minimum absolute atomic E-state index is 0.0956. The number of imidazole rings is 1. The molecule has 0 unspecified atom stereocenters. The zero-order valence-corrected chi connectivity index (χ0v) is 22.0. The third kappa shape index (κ3) is 4.25. The van der Waals surface area contributed by atoms with Gasteiger partial charge >= 0.3 is 0 Å². The smallest absolute Gasteiger partial charge is 0.273 e. The molecule has 0 saturated carbocycles. The van der Waals surface area contributed by atoms with Crippen LogP contribution in [0.15, 0.2) is 79.0 Å². The van der Waals surface area contributed by atoms with E-state index in [-0.39, 0.29) is 5.91 Å². The van der Waals surface area contributed by atoms with E-state index in [9.17, 15) is 4.79 Å². The first-order chi connectivity index (χ1) is 18.0. The van der Waals surface area contributed by atoms with E-state index in [2.05, 4.69) is 63.8 Å². The van der Waals surface area contributed by atoms with Gasteiger partial charge in [0.1, 0.15) is 11.3 Å². The largest absolute Gasteiger partial charge is 0.325 e. The van der Waals surface area contributed by atoms with Crippen molar-refractivity contribution in [2.75, 3.05) is 5.32 Å². The van der Waals surface area contributed by atoms with Crippen molar-refractivity contribution in [2.45, 2.75) is 46.1 Å². The van der Waals surface area contributed by atoms with E-state index in [1.807, 2.05) is 43.3 Å². The number of hydrogen-bond acceptors (Lipinski definition) is 1. The Balaban J connectivity index is 1.60. The Morgan fingerprint density at radius 1 is 0.973 bits per heavy atom. The van der Waals surface area contributed by atoms with Crippen LogP contribution in [0, 0.1) is 6.92 Å². The zero-order chi connectivity index (χ0) is 25.5. The summed E-state index contributed by atoms with van der Waals surface area (Å²) >= 11 is 6.19. The lowest BCUT2D eigenvalue weighted by molar-refractivity contribution is 0.102. The summed E-state index contributed by atoms with van der Waals surface area (Å²) in [5.41, 5.74) is 10.6. The van der Waals surface area contributed by atoms with Gasteiger partial charge in [0.15, 0.2) is 0 Å². The van der Waals surface area contributed by atoms with Crippen molar-refractivity contribution >= 4 is 28.8 Å². The molecule has 0 aliphatic carbocycles. The van der Waals surface area contributed by atoms with Gasteiger partial charge in [-0.1, -0.05) is 67.1 Å². The number of halogens is 1. The van der Waals surface area contributed by atoms with E-state index in [0.717, 1.165) is 76.5 Å². The second kappa shape index (κ2) is 9.60. The van der Waals surface area contributed by atoms with E-state index in [1.54, 1.807) is 0 Å². The number of carbonyl (C=O) groups is 1. The molecule has 0 spiro atoms. The summed E-state index contributed by atoms with van der Waals surface area (Å²) < 4.78 is 4.51. The molecule has 1 aliphatic rings. The summed E-state index contributed by atoms with van der Waals surface area (Å²) in [6, 6.07) is 24.6. The van der Waals surface area contributed by atoms with Gasteiger partial charge in [-0.15, -0.1) is 0 Å². The molecule has 6 rings (SSSR count). The fourth-order valence-electron chi connectivity index (χ4n) is 5.59. The van der Waals surface area contributed by atoms with Gasteiger partial charge < -0.3 is 9.88 Å². The summed E-state index contributed by atoms with van der Waals surface area (Å²) in [5, 5.41) is 3.90. The average molecular weight is 508 g/mol. The lowest BCUT2D eigenvalue weighted by atomic mass is 9.96. The number of aromatic nitrogens is 2. The van der Waals surface area contributed by atoms with Crippen LogP contribution in [0.4, 0.5) is 5.69 Å². The number of nitrogens with one attached hydrogen (secondary N) is 1. The second-order valence-electron chi connectivity index (χ2n) is 9.90. The van der Waals surface area contributed by atoms with Crippen molar-refractivity contribution in [3.8, 4) is 22.4 Å².